The molecule has 1 aromatic heterocycles. The third-order valence-electron chi connectivity index (χ3n) is 3.69. The van der Waals surface area contributed by atoms with Crippen molar-refractivity contribution in [2.45, 2.75) is 18.2 Å². The van der Waals surface area contributed by atoms with Crippen LogP contribution in [0.1, 0.15) is 5.56 Å². The number of para-hydroxylation sites is 2. The van der Waals surface area contributed by atoms with Gasteiger partial charge in [0.2, 0.25) is 5.91 Å². The quantitative estimate of drug-likeness (QED) is 0.518. The molecule has 3 rings (SSSR count). The summed E-state index contributed by atoms with van der Waals surface area (Å²) in [4.78, 5) is 16.9. The molecular formula is C19H18FN3OS. The fourth-order valence-corrected chi connectivity index (χ4v) is 3.23. The largest absolute Gasteiger partial charge is 0.350 e. The number of nitrogens with zero attached hydrogens (tertiary/aromatic N) is 2. The second-order valence-corrected chi connectivity index (χ2v) is 6.42. The number of hydrogen-bond donors (Lipinski definition) is 1. The Morgan fingerprint density at radius 2 is 2.00 bits per heavy atom. The zero-order valence-electron chi connectivity index (χ0n) is 13.6. The van der Waals surface area contributed by atoms with Crippen LogP contribution in [0, 0.1) is 5.82 Å². The van der Waals surface area contributed by atoms with Crippen LogP contribution in [0.2, 0.25) is 0 Å². The molecule has 0 saturated heterocycles. The average Bonchev–Trinajstić information content (AvgIpc) is 2.97. The van der Waals surface area contributed by atoms with Gasteiger partial charge in [-0.1, -0.05) is 48.2 Å². The van der Waals surface area contributed by atoms with E-state index in [9.17, 15) is 9.18 Å². The summed E-state index contributed by atoms with van der Waals surface area (Å²) >= 11 is 1.53. The highest BCUT2D eigenvalue weighted by molar-refractivity contribution is 7.99. The van der Waals surface area contributed by atoms with E-state index in [0.29, 0.717) is 11.3 Å². The molecule has 1 N–H and O–H groups in total. The molecule has 0 fully saturated rings. The highest BCUT2D eigenvalue weighted by Crippen LogP contribution is 2.24. The lowest BCUT2D eigenvalue weighted by molar-refractivity contribution is -0.121. The van der Waals surface area contributed by atoms with Crippen LogP contribution in [-0.2, 0) is 17.9 Å². The first-order chi connectivity index (χ1) is 12.2. The van der Waals surface area contributed by atoms with Crippen molar-refractivity contribution < 1.29 is 9.18 Å². The lowest BCUT2D eigenvalue weighted by Gasteiger charge is -2.10. The minimum absolute atomic E-state index is 0.133. The molecule has 0 aliphatic rings. The predicted molar refractivity (Wildman–Crippen MR) is 98.9 cm³/mol. The zero-order valence-corrected chi connectivity index (χ0v) is 14.4. The minimum Gasteiger partial charge on any atom is -0.350 e. The highest BCUT2D eigenvalue weighted by Gasteiger charge is 2.14. The topological polar surface area (TPSA) is 46.9 Å². The first-order valence-electron chi connectivity index (χ1n) is 7.88. The van der Waals surface area contributed by atoms with Crippen molar-refractivity contribution in [2.24, 2.45) is 0 Å². The maximum atomic E-state index is 13.6. The summed E-state index contributed by atoms with van der Waals surface area (Å²) in [6.07, 6.45) is 1.80. The van der Waals surface area contributed by atoms with E-state index in [1.54, 1.807) is 24.3 Å². The highest BCUT2D eigenvalue weighted by atomic mass is 32.2. The molecule has 3 aromatic rings. The van der Waals surface area contributed by atoms with E-state index in [1.165, 1.54) is 17.8 Å². The fraction of sp³-hybridized carbons (Fsp3) is 0.158. The van der Waals surface area contributed by atoms with Gasteiger partial charge in [0.05, 0.1) is 11.0 Å². The third-order valence-corrected chi connectivity index (χ3v) is 4.66. The molecule has 2 aromatic carbocycles. The van der Waals surface area contributed by atoms with Crippen LogP contribution >= 0.6 is 11.8 Å². The van der Waals surface area contributed by atoms with Crippen LogP contribution in [-0.4, -0.2) is 21.2 Å². The SMILES string of the molecule is C=CCSc1nc2ccccc2n1CC(=O)NCc1ccccc1F. The Bertz CT molecular complexity index is 907. The van der Waals surface area contributed by atoms with Gasteiger partial charge >= 0.3 is 0 Å². The summed E-state index contributed by atoms with van der Waals surface area (Å²) in [6.45, 7) is 4.01. The van der Waals surface area contributed by atoms with Gasteiger partial charge in [-0.25, -0.2) is 9.37 Å². The molecule has 128 valence electrons. The lowest BCUT2D eigenvalue weighted by Crippen LogP contribution is -2.27. The number of amides is 1. The maximum absolute atomic E-state index is 13.6. The van der Waals surface area contributed by atoms with Crippen molar-refractivity contribution >= 4 is 28.7 Å². The van der Waals surface area contributed by atoms with E-state index in [2.05, 4.69) is 16.9 Å². The van der Waals surface area contributed by atoms with Crippen molar-refractivity contribution in [1.82, 2.24) is 14.9 Å². The molecule has 0 atom stereocenters. The monoisotopic (exact) mass is 355 g/mol. The van der Waals surface area contributed by atoms with Crippen LogP contribution in [0.4, 0.5) is 4.39 Å². The summed E-state index contributed by atoms with van der Waals surface area (Å²) in [7, 11) is 0. The fourth-order valence-electron chi connectivity index (χ4n) is 2.48. The molecule has 1 heterocycles. The number of aromatic nitrogens is 2. The van der Waals surface area contributed by atoms with Crippen molar-refractivity contribution in [3.8, 4) is 0 Å². The summed E-state index contributed by atoms with van der Waals surface area (Å²) in [5.41, 5.74) is 2.21. The van der Waals surface area contributed by atoms with E-state index in [0.717, 1.165) is 16.2 Å². The van der Waals surface area contributed by atoms with Gasteiger partial charge in [-0.3, -0.25) is 4.79 Å². The number of halogens is 1. The van der Waals surface area contributed by atoms with Crippen LogP contribution < -0.4 is 5.32 Å². The molecule has 4 nitrogen and oxygen atoms in total. The zero-order chi connectivity index (χ0) is 17.6. The van der Waals surface area contributed by atoms with Crippen molar-refractivity contribution in [1.29, 1.82) is 0 Å². The van der Waals surface area contributed by atoms with E-state index < -0.39 is 0 Å². The van der Waals surface area contributed by atoms with Crippen molar-refractivity contribution in [3.05, 3.63) is 72.6 Å². The number of carbonyl (C=O) groups is 1. The molecule has 0 bridgehead atoms. The summed E-state index contributed by atoms with van der Waals surface area (Å²) in [6, 6.07) is 14.1. The Morgan fingerprint density at radius 1 is 1.24 bits per heavy atom. The number of fused-ring (bicyclic) bond motifs is 1. The van der Waals surface area contributed by atoms with Gasteiger partial charge in [-0.15, -0.1) is 6.58 Å². The number of thioether (sulfide) groups is 1. The normalized spacial score (nSPS) is 10.8. The first-order valence-corrected chi connectivity index (χ1v) is 8.86. The molecule has 0 saturated carbocycles. The van der Waals surface area contributed by atoms with E-state index in [-0.39, 0.29) is 24.8 Å². The molecule has 0 unspecified atom stereocenters. The number of carbonyl (C=O) groups excluding carboxylic acids is 1. The summed E-state index contributed by atoms with van der Waals surface area (Å²) < 4.78 is 15.5. The van der Waals surface area contributed by atoms with E-state index >= 15 is 0 Å². The first kappa shape index (κ1) is 17.2. The van der Waals surface area contributed by atoms with E-state index in [4.69, 9.17) is 0 Å². The Balaban J connectivity index is 1.75. The van der Waals surface area contributed by atoms with Gasteiger partial charge in [0.1, 0.15) is 12.4 Å². The molecule has 0 aliphatic carbocycles. The molecule has 6 heteroatoms. The van der Waals surface area contributed by atoms with Gasteiger partial charge in [-0.05, 0) is 18.2 Å². The molecule has 0 spiro atoms. The maximum Gasteiger partial charge on any atom is 0.240 e. The minimum atomic E-state index is -0.321. The van der Waals surface area contributed by atoms with Gasteiger partial charge in [0.15, 0.2) is 5.16 Å². The Kier molecular flexibility index (Phi) is 5.50. The van der Waals surface area contributed by atoms with Crippen LogP contribution in [0.25, 0.3) is 11.0 Å². The molecule has 0 aliphatic heterocycles. The molecule has 1 amide bonds. The number of rotatable bonds is 7. The van der Waals surface area contributed by atoms with Crippen molar-refractivity contribution in [3.63, 3.8) is 0 Å². The average molecular weight is 355 g/mol. The number of imidazole rings is 1. The van der Waals surface area contributed by atoms with Crippen LogP contribution in [0.15, 0.2) is 66.3 Å². The number of hydrogen-bond acceptors (Lipinski definition) is 3. The summed E-state index contributed by atoms with van der Waals surface area (Å²) in [5.74, 6) is 0.199. The number of nitrogens with one attached hydrogen (secondary N) is 1. The summed E-state index contributed by atoms with van der Waals surface area (Å²) in [5, 5.41) is 3.53. The van der Waals surface area contributed by atoms with Crippen LogP contribution in [0.5, 0.6) is 0 Å². The Labute approximate surface area is 149 Å². The van der Waals surface area contributed by atoms with Crippen LogP contribution in [0.3, 0.4) is 0 Å². The van der Waals surface area contributed by atoms with E-state index in [1.807, 2.05) is 28.8 Å². The molecule has 25 heavy (non-hydrogen) atoms. The third kappa shape index (κ3) is 4.09. The second kappa shape index (κ2) is 7.98. The Morgan fingerprint density at radius 3 is 2.80 bits per heavy atom. The number of benzene rings is 2. The van der Waals surface area contributed by atoms with Gasteiger partial charge in [-0.2, -0.15) is 0 Å². The Hall–Kier alpha value is -2.60. The van der Waals surface area contributed by atoms with Gasteiger partial charge in [0, 0.05) is 17.9 Å². The van der Waals surface area contributed by atoms with Crippen molar-refractivity contribution in [2.75, 3.05) is 5.75 Å². The van der Waals surface area contributed by atoms with Gasteiger partial charge in [0.25, 0.3) is 0 Å². The predicted octanol–water partition coefficient (Wildman–Crippen LogP) is 3.77. The molecule has 0 radical (unpaired) electrons. The lowest BCUT2D eigenvalue weighted by atomic mass is 10.2. The smallest absolute Gasteiger partial charge is 0.240 e. The van der Waals surface area contributed by atoms with Gasteiger partial charge < -0.3 is 9.88 Å². The standard InChI is InChI=1S/C19H18FN3OS/c1-2-11-25-19-22-16-9-5-6-10-17(16)23(19)13-18(24)21-12-14-7-3-4-8-15(14)20/h2-10H,1,11-13H2,(H,21,24). The molecular weight excluding hydrogens is 337 g/mol. The second-order valence-electron chi connectivity index (χ2n) is 5.44.